The first-order chi connectivity index (χ1) is 18.9. The minimum atomic E-state index is -4.05. The molecular weight excluding hydrogens is 584 g/mol. The molecule has 39 heavy (non-hydrogen) atoms. The number of nitrogens with zero attached hydrogens (tertiary/aromatic N) is 3. The summed E-state index contributed by atoms with van der Waals surface area (Å²) in [7, 11) is -2.52. The maximum atomic E-state index is 13.3. The number of halogens is 1. The molecule has 0 saturated heterocycles. The minimum Gasteiger partial charge on any atom is -0.493 e. The topological polar surface area (TPSA) is 110 Å². The van der Waals surface area contributed by atoms with Gasteiger partial charge in [0.1, 0.15) is 19.0 Å². The van der Waals surface area contributed by atoms with E-state index in [0.717, 1.165) is 9.87 Å². The van der Waals surface area contributed by atoms with Crippen molar-refractivity contribution in [3.8, 4) is 11.5 Å². The highest BCUT2D eigenvalue weighted by molar-refractivity contribution is 9.10. The van der Waals surface area contributed by atoms with Gasteiger partial charge in [-0.15, -0.1) is 0 Å². The maximum absolute atomic E-state index is 13.3. The van der Waals surface area contributed by atoms with Crippen molar-refractivity contribution >= 4 is 43.9 Å². The lowest BCUT2D eigenvalue weighted by molar-refractivity contribution is -0.119. The van der Waals surface area contributed by atoms with Gasteiger partial charge < -0.3 is 9.47 Å². The van der Waals surface area contributed by atoms with E-state index in [0.29, 0.717) is 28.1 Å². The van der Waals surface area contributed by atoms with Crippen molar-refractivity contribution in [3.63, 3.8) is 0 Å². The van der Waals surface area contributed by atoms with Gasteiger partial charge in [-0.25, -0.2) is 23.1 Å². The normalized spacial score (nSPS) is 11.2. The summed E-state index contributed by atoms with van der Waals surface area (Å²) in [6.07, 6.45) is 2.88. The van der Waals surface area contributed by atoms with Crippen LogP contribution in [0.1, 0.15) is 11.1 Å². The van der Waals surface area contributed by atoms with Crippen LogP contribution < -0.4 is 19.2 Å². The van der Waals surface area contributed by atoms with E-state index >= 15 is 0 Å². The first-order valence-electron chi connectivity index (χ1n) is 11.7. The number of hydrogen-bond donors (Lipinski definition) is 1. The van der Waals surface area contributed by atoms with Crippen LogP contribution in [0.5, 0.6) is 11.5 Å². The first kappa shape index (κ1) is 27.8. The third-order valence-corrected chi connectivity index (χ3v) is 7.76. The van der Waals surface area contributed by atoms with Gasteiger partial charge in [0.25, 0.3) is 15.9 Å². The molecule has 0 saturated carbocycles. The Balaban J connectivity index is 1.46. The summed E-state index contributed by atoms with van der Waals surface area (Å²) in [5.41, 5.74) is 4.01. The third kappa shape index (κ3) is 7.21. The number of rotatable bonds is 11. The second-order valence-corrected chi connectivity index (χ2v) is 10.8. The third-order valence-electron chi connectivity index (χ3n) is 5.40. The Labute approximate surface area is 235 Å². The Bertz CT molecular complexity index is 1540. The Hall–Kier alpha value is -4.22. The van der Waals surface area contributed by atoms with E-state index in [2.05, 4.69) is 31.4 Å². The fourth-order valence-corrected chi connectivity index (χ4v) is 5.51. The average Bonchev–Trinajstić information content (AvgIpc) is 2.96. The van der Waals surface area contributed by atoms with E-state index in [-0.39, 0.29) is 10.7 Å². The molecule has 0 atom stereocenters. The van der Waals surface area contributed by atoms with Crippen molar-refractivity contribution < 1.29 is 22.7 Å². The van der Waals surface area contributed by atoms with Crippen molar-refractivity contribution in [3.05, 3.63) is 113 Å². The molecule has 0 radical (unpaired) electrons. The summed E-state index contributed by atoms with van der Waals surface area (Å²) >= 11 is 3.50. The fourth-order valence-electron chi connectivity index (χ4n) is 3.54. The molecule has 1 aromatic heterocycles. The molecule has 200 valence electrons. The molecule has 0 aliphatic carbocycles. The summed E-state index contributed by atoms with van der Waals surface area (Å²) in [4.78, 5) is 16.9. The Morgan fingerprint density at radius 2 is 1.72 bits per heavy atom. The summed E-state index contributed by atoms with van der Waals surface area (Å²) in [5.74, 6) is 0.466. The number of anilines is 1. The number of pyridine rings is 1. The van der Waals surface area contributed by atoms with Crippen LogP contribution in [0.2, 0.25) is 0 Å². The number of hydrazone groups is 1. The standard InChI is InChI=1S/C28H25BrN4O5S/c1-37-25-17-22(16-24(29)28(25)38-20-21-10-4-2-5-11-21)18-31-32-27(34)19-33(26-14-8-9-15-30-26)39(35,36)23-12-6-3-7-13-23/h2-18H,19-20H2,1H3,(H,32,34)/b31-18-. The molecule has 0 aliphatic heterocycles. The molecule has 4 rings (SSSR count). The number of carbonyl (C=O) groups is 1. The highest BCUT2D eigenvalue weighted by Gasteiger charge is 2.27. The molecule has 1 heterocycles. The van der Waals surface area contributed by atoms with E-state index in [9.17, 15) is 13.2 Å². The average molecular weight is 610 g/mol. The lowest BCUT2D eigenvalue weighted by Gasteiger charge is -2.22. The number of sulfonamides is 1. The van der Waals surface area contributed by atoms with Crippen LogP contribution in [0.15, 0.2) is 112 Å². The van der Waals surface area contributed by atoms with Gasteiger partial charge in [0, 0.05) is 6.20 Å². The van der Waals surface area contributed by atoms with Crippen molar-refractivity contribution in [2.75, 3.05) is 18.0 Å². The largest absolute Gasteiger partial charge is 0.493 e. The number of methoxy groups -OCH3 is 1. The molecule has 3 aromatic carbocycles. The van der Waals surface area contributed by atoms with E-state index in [4.69, 9.17) is 9.47 Å². The molecule has 0 spiro atoms. The second-order valence-electron chi connectivity index (χ2n) is 8.11. The number of nitrogens with one attached hydrogen (secondary N) is 1. The van der Waals surface area contributed by atoms with Gasteiger partial charge in [-0.1, -0.05) is 54.6 Å². The van der Waals surface area contributed by atoms with Crippen molar-refractivity contribution in [1.29, 1.82) is 0 Å². The number of amides is 1. The van der Waals surface area contributed by atoms with Gasteiger partial charge in [-0.2, -0.15) is 5.10 Å². The van der Waals surface area contributed by atoms with E-state index in [1.807, 2.05) is 30.3 Å². The quantitative estimate of drug-likeness (QED) is 0.194. The minimum absolute atomic E-state index is 0.0403. The Kier molecular flexibility index (Phi) is 9.29. The van der Waals surface area contributed by atoms with Crippen LogP contribution >= 0.6 is 15.9 Å². The number of aromatic nitrogens is 1. The summed E-state index contributed by atoms with van der Waals surface area (Å²) in [5, 5.41) is 4.00. The van der Waals surface area contributed by atoms with Crippen LogP contribution in [0, 0.1) is 0 Å². The summed E-state index contributed by atoms with van der Waals surface area (Å²) < 4.78 is 39.6. The van der Waals surface area contributed by atoms with E-state index < -0.39 is 22.5 Å². The monoisotopic (exact) mass is 608 g/mol. The van der Waals surface area contributed by atoms with Gasteiger partial charge >= 0.3 is 0 Å². The van der Waals surface area contributed by atoms with Crippen LogP contribution in [-0.4, -0.2) is 39.2 Å². The van der Waals surface area contributed by atoms with Gasteiger partial charge in [0.2, 0.25) is 0 Å². The van der Waals surface area contributed by atoms with Crippen molar-refractivity contribution in [2.45, 2.75) is 11.5 Å². The van der Waals surface area contributed by atoms with Crippen molar-refractivity contribution in [2.24, 2.45) is 5.10 Å². The molecule has 1 N–H and O–H groups in total. The molecule has 0 bridgehead atoms. The number of ether oxygens (including phenoxy) is 2. The van der Waals surface area contributed by atoms with Gasteiger partial charge in [-0.3, -0.25) is 4.79 Å². The van der Waals surface area contributed by atoms with Crippen molar-refractivity contribution in [1.82, 2.24) is 10.4 Å². The SMILES string of the molecule is COc1cc(/C=N\NC(=O)CN(c2ccccn2)S(=O)(=O)c2ccccc2)cc(Br)c1OCc1ccccc1. The first-order valence-corrected chi connectivity index (χ1v) is 14.0. The zero-order valence-corrected chi connectivity index (χ0v) is 23.3. The Morgan fingerprint density at radius 3 is 2.38 bits per heavy atom. The maximum Gasteiger partial charge on any atom is 0.265 e. The molecule has 1 amide bonds. The molecule has 4 aromatic rings. The molecular formula is C28H25BrN4O5S. The smallest absolute Gasteiger partial charge is 0.265 e. The molecule has 9 nitrogen and oxygen atoms in total. The van der Waals surface area contributed by atoms with Crippen LogP contribution in [0.4, 0.5) is 5.82 Å². The van der Waals surface area contributed by atoms with Gasteiger partial charge in [0.05, 0.1) is 22.7 Å². The van der Waals surface area contributed by atoms with Gasteiger partial charge in [0.15, 0.2) is 11.5 Å². The predicted octanol–water partition coefficient (Wildman–Crippen LogP) is 4.78. The number of benzene rings is 3. The second kappa shape index (κ2) is 13.0. The molecule has 0 unspecified atom stereocenters. The number of hydrogen-bond acceptors (Lipinski definition) is 7. The zero-order chi connectivity index (χ0) is 27.7. The summed E-state index contributed by atoms with van der Waals surface area (Å²) in [6.45, 7) is -0.164. The molecule has 0 fully saturated rings. The highest BCUT2D eigenvalue weighted by atomic mass is 79.9. The Morgan fingerprint density at radius 1 is 1.03 bits per heavy atom. The van der Waals surface area contributed by atoms with E-state index in [1.165, 1.54) is 37.7 Å². The van der Waals surface area contributed by atoms with Gasteiger partial charge in [-0.05, 0) is 63.5 Å². The summed E-state index contributed by atoms with van der Waals surface area (Å²) in [6, 6.07) is 25.9. The fraction of sp³-hybridized carbons (Fsp3) is 0.107. The lowest BCUT2D eigenvalue weighted by Crippen LogP contribution is -2.40. The van der Waals surface area contributed by atoms with Crippen LogP contribution in [-0.2, 0) is 21.4 Å². The molecule has 0 aliphatic rings. The zero-order valence-electron chi connectivity index (χ0n) is 20.9. The van der Waals surface area contributed by atoms with Crippen LogP contribution in [0.3, 0.4) is 0 Å². The lowest BCUT2D eigenvalue weighted by atomic mass is 10.2. The highest BCUT2D eigenvalue weighted by Crippen LogP contribution is 2.36. The van der Waals surface area contributed by atoms with E-state index in [1.54, 1.807) is 42.5 Å². The number of carbonyl (C=O) groups excluding carboxylic acids is 1. The molecule has 11 heteroatoms. The van der Waals surface area contributed by atoms with Crippen LogP contribution in [0.25, 0.3) is 0 Å². The predicted molar refractivity (Wildman–Crippen MR) is 152 cm³/mol.